The van der Waals surface area contributed by atoms with Crippen LogP contribution in [0.15, 0.2) is 18.2 Å². The van der Waals surface area contributed by atoms with Crippen LogP contribution < -0.4 is 4.74 Å². The lowest BCUT2D eigenvalue weighted by Gasteiger charge is -2.20. The van der Waals surface area contributed by atoms with Crippen molar-refractivity contribution in [2.45, 2.75) is 110 Å². The van der Waals surface area contributed by atoms with Gasteiger partial charge >= 0.3 is 10.1 Å². The summed E-state index contributed by atoms with van der Waals surface area (Å²) in [6, 6.07) is 5.92. The van der Waals surface area contributed by atoms with Gasteiger partial charge in [0.25, 0.3) is 0 Å². The van der Waals surface area contributed by atoms with E-state index < -0.39 is 15.6 Å². The second kappa shape index (κ2) is 14.0. The first-order valence-corrected chi connectivity index (χ1v) is 12.7. The fourth-order valence-electron chi connectivity index (χ4n) is 3.56. The molecule has 162 valence electrons. The fourth-order valence-corrected chi connectivity index (χ4v) is 4.21. The molecular weight excluding hydrogens is 372 g/mol. The van der Waals surface area contributed by atoms with Gasteiger partial charge < -0.3 is 4.74 Å². The van der Waals surface area contributed by atoms with Crippen molar-refractivity contribution >= 4 is 10.1 Å². The molecule has 1 atom stereocenters. The summed E-state index contributed by atoms with van der Waals surface area (Å²) in [5, 5.41) is 0. The van der Waals surface area contributed by atoms with Crippen LogP contribution in [0.2, 0.25) is 0 Å². The van der Waals surface area contributed by atoms with Crippen molar-refractivity contribution in [1.29, 1.82) is 0 Å². The van der Waals surface area contributed by atoms with Crippen LogP contribution in [0.25, 0.3) is 0 Å². The average molecular weight is 413 g/mol. The summed E-state index contributed by atoms with van der Waals surface area (Å²) >= 11 is 0. The standard InChI is InChI=1S/C23H40O4S/c1-4-7-9-11-13-16-20-17-15-19-22(27-23(6-3)28(24,25)26)21(20)18-14-12-10-8-5-2/h15,17,19,23H,4-14,16,18H2,1-3H3,(H,24,25,26). The number of ether oxygens (including phenoxy) is 1. The highest BCUT2D eigenvalue weighted by atomic mass is 32.2. The van der Waals surface area contributed by atoms with Crippen molar-refractivity contribution in [3.63, 3.8) is 0 Å². The van der Waals surface area contributed by atoms with E-state index in [1.165, 1.54) is 56.9 Å². The van der Waals surface area contributed by atoms with Crippen molar-refractivity contribution in [3.05, 3.63) is 29.3 Å². The summed E-state index contributed by atoms with van der Waals surface area (Å²) in [4.78, 5) is 0. The van der Waals surface area contributed by atoms with Gasteiger partial charge in [0, 0.05) is 0 Å². The van der Waals surface area contributed by atoms with Crippen molar-refractivity contribution in [1.82, 2.24) is 0 Å². The molecular formula is C23H40O4S. The number of rotatable bonds is 16. The zero-order chi connectivity index (χ0) is 20.8. The van der Waals surface area contributed by atoms with Crippen LogP contribution in [0.5, 0.6) is 5.75 Å². The molecule has 0 heterocycles. The molecule has 1 aromatic carbocycles. The molecule has 5 heteroatoms. The monoisotopic (exact) mass is 412 g/mol. The van der Waals surface area contributed by atoms with E-state index in [4.69, 9.17) is 4.74 Å². The lowest BCUT2D eigenvalue weighted by Crippen LogP contribution is -2.26. The number of hydrogen-bond acceptors (Lipinski definition) is 3. The predicted molar refractivity (Wildman–Crippen MR) is 118 cm³/mol. The minimum absolute atomic E-state index is 0.218. The van der Waals surface area contributed by atoms with E-state index in [9.17, 15) is 13.0 Å². The van der Waals surface area contributed by atoms with E-state index in [1.807, 2.05) is 12.1 Å². The van der Waals surface area contributed by atoms with E-state index >= 15 is 0 Å². The topological polar surface area (TPSA) is 63.6 Å². The highest BCUT2D eigenvalue weighted by molar-refractivity contribution is 7.86. The molecule has 0 aliphatic carbocycles. The molecule has 1 rings (SSSR count). The highest BCUT2D eigenvalue weighted by Crippen LogP contribution is 2.28. The Balaban J connectivity index is 2.90. The average Bonchev–Trinajstić information content (AvgIpc) is 2.66. The van der Waals surface area contributed by atoms with E-state index in [0.717, 1.165) is 31.2 Å². The van der Waals surface area contributed by atoms with Crippen molar-refractivity contribution in [3.8, 4) is 5.75 Å². The Kier molecular flexibility index (Phi) is 12.5. The van der Waals surface area contributed by atoms with Gasteiger partial charge in [0.2, 0.25) is 5.44 Å². The number of aryl methyl sites for hydroxylation is 1. The van der Waals surface area contributed by atoms with Gasteiger partial charge in [-0.2, -0.15) is 8.42 Å². The van der Waals surface area contributed by atoms with E-state index in [0.29, 0.717) is 5.75 Å². The molecule has 0 fully saturated rings. The van der Waals surface area contributed by atoms with E-state index in [1.54, 1.807) is 6.92 Å². The van der Waals surface area contributed by atoms with Gasteiger partial charge in [0.05, 0.1) is 0 Å². The first-order valence-electron chi connectivity index (χ1n) is 11.2. The quantitative estimate of drug-likeness (QED) is 0.242. The second-order valence-corrected chi connectivity index (χ2v) is 9.25. The van der Waals surface area contributed by atoms with Gasteiger partial charge in [0.1, 0.15) is 5.75 Å². The smallest absolute Gasteiger partial charge is 0.303 e. The van der Waals surface area contributed by atoms with Crippen LogP contribution in [-0.4, -0.2) is 18.4 Å². The molecule has 1 N–H and O–H groups in total. The third-order valence-corrected chi connectivity index (χ3v) is 6.33. The van der Waals surface area contributed by atoms with Crippen molar-refractivity contribution in [2.24, 2.45) is 0 Å². The number of hydrogen-bond donors (Lipinski definition) is 1. The zero-order valence-corrected chi connectivity index (χ0v) is 18.9. The maximum absolute atomic E-state index is 11.6. The Morgan fingerprint density at radius 1 is 0.857 bits per heavy atom. The third kappa shape index (κ3) is 9.42. The van der Waals surface area contributed by atoms with Crippen molar-refractivity contribution < 1.29 is 17.7 Å². The normalized spacial score (nSPS) is 12.9. The Hall–Kier alpha value is -1.07. The van der Waals surface area contributed by atoms with E-state index in [-0.39, 0.29) is 6.42 Å². The van der Waals surface area contributed by atoms with Crippen LogP contribution in [0, 0.1) is 0 Å². The molecule has 0 amide bonds. The van der Waals surface area contributed by atoms with Crippen molar-refractivity contribution in [2.75, 3.05) is 0 Å². The Labute approximate surface area is 172 Å². The predicted octanol–water partition coefficient (Wildman–Crippen LogP) is 6.72. The zero-order valence-electron chi connectivity index (χ0n) is 18.1. The molecule has 1 unspecified atom stereocenters. The van der Waals surface area contributed by atoms with Gasteiger partial charge in [-0.15, -0.1) is 0 Å². The van der Waals surface area contributed by atoms with Crippen LogP contribution in [0.4, 0.5) is 0 Å². The van der Waals surface area contributed by atoms with Gasteiger partial charge in [-0.25, -0.2) is 0 Å². The van der Waals surface area contributed by atoms with Crippen LogP contribution in [0.3, 0.4) is 0 Å². The lowest BCUT2D eigenvalue weighted by atomic mass is 9.95. The lowest BCUT2D eigenvalue weighted by molar-refractivity contribution is 0.250. The fraction of sp³-hybridized carbons (Fsp3) is 0.739. The summed E-state index contributed by atoms with van der Waals surface area (Å²) < 4.78 is 38.4. The first-order chi connectivity index (χ1) is 13.4. The second-order valence-electron chi connectivity index (χ2n) is 7.69. The molecule has 1 aromatic rings. The van der Waals surface area contributed by atoms with Gasteiger partial charge in [-0.1, -0.05) is 84.3 Å². The summed E-state index contributed by atoms with van der Waals surface area (Å²) in [6.45, 7) is 6.14. The van der Waals surface area contributed by atoms with Gasteiger partial charge in [-0.05, 0) is 49.3 Å². The van der Waals surface area contributed by atoms with Crippen LogP contribution >= 0.6 is 0 Å². The largest absolute Gasteiger partial charge is 0.472 e. The number of benzene rings is 1. The summed E-state index contributed by atoms with van der Waals surface area (Å²) in [6.07, 6.45) is 14.2. The molecule has 0 saturated heterocycles. The van der Waals surface area contributed by atoms with Crippen LogP contribution in [0.1, 0.15) is 103 Å². The van der Waals surface area contributed by atoms with Gasteiger partial charge in [-0.3, -0.25) is 4.55 Å². The molecule has 0 aromatic heterocycles. The molecule has 0 aliphatic rings. The molecule has 0 spiro atoms. The molecule has 28 heavy (non-hydrogen) atoms. The van der Waals surface area contributed by atoms with Gasteiger partial charge in [0.15, 0.2) is 0 Å². The first kappa shape index (κ1) is 25.0. The van der Waals surface area contributed by atoms with E-state index in [2.05, 4.69) is 19.9 Å². The third-order valence-electron chi connectivity index (χ3n) is 5.23. The Morgan fingerprint density at radius 2 is 1.43 bits per heavy atom. The molecule has 4 nitrogen and oxygen atoms in total. The minimum Gasteiger partial charge on any atom is -0.472 e. The minimum atomic E-state index is -4.22. The summed E-state index contributed by atoms with van der Waals surface area (Å²) in [5.74, 6) is 0.617. The van der Waals surface area contributed by atoms with Crippen LogP contribution in [-0.2, 0) is 23.0 Å². The highest BCUT2D eigenvalue weighted by Gasteiger charge is 2.24. The molecule has 0 bridgehead atoms. The number of unbranched alkanes of at least 4 members (excludes halogenated alkanes) is 8. The molecule has 0 aliphatic heterocycles. The molecule has 0 saturated carbocycles. The SMILES string of the molecule is CCCCCCCc1cccc(OC(CC)S(=O)(=O)O)c1CCCCCCC. The molecule has 0 radical (unpaired) electrons. The maximum Gasteiger partial charge on any atom is 0.303 e. The Morgan fingerprint density at radius 3 is 1.96 bits per heavy atom. The maximum atomic E-state index is 11.6. The Bertz CT molecular complexity index is 640. The summed E-state index contributed by atoms with van der Waals surface area (Å²) in [5.41, 5.74) is 1.18. The summed E-state index contributed by atoms with van der Waals surface area (Å²) in [7, 11) is -4.22.